The molecule has 0 heterocycles. The first-order chi connectivity index (χ1) is 12.5. The lowest BCUT2D eigenvalue weighted by Crippen LogP contribution is -1.82. The van der Waals surface area contributed by atoms with Gasteiger partial charge in [-0.3, -0.25) is 0 Å². The monoisotopic (exact) mass is 340 g/mol. The number of allylic oxidation sites excluding steroid dienone is 11. The van der Waals surface area contributed by atoms with Crippen LogP contribution >= 0.6 is 0 Å². The van der Waals surface area contributed by atoms with Gasteiger partial charge in [-0.05, 0) is 61.2 Å². The van der Waals surface area contributed by atoms with Gasteiger partial charge in [0.15, 0.2) is 0 Å². The van der Waals surface area contributed by atoms with Crippen molar-refractivity contribution in [2.75, 3.05) is 0 Å². The molecule has 0 saturated carbocycles. The van der Waals surface area contributed by atoms with Crippen LogP contribution in [-0.2, 0) is 0 Å². The largest absolute Gasteiger partial charge is 0.0985 e. The predicted molar refractivity (Wildman–Crippen MR) is 118 cm³/mol. The maximum atomic E-state index is 3.85. The third kappa shape index (κ3) is 5.60. The van der Waals surface area contributed by atoms with Crippen LogP contribution in [0, 0.1) is 6.92 Å². The summed E-state index contributed by atoms with van der Waals surface area (Å²) in [5, 5.41) is 2.58. The summed E-state index contributed by atoms with van der Waals surface area (Å²) in [7, 11) is 0. The molecule has 2 aromatic carbocycles. The van der Waals surface area contributed by atoms with Crippen LogP contribution in [0.4, 0.5) is 0 Å². The van der Waals surface area contributed by atoms with Crippen LogP contribution in [0.3, 0.4) is 0 Å². The van der Waals surface area contributed by atoms with Gasteiger partial charge in [0.25, 0.3) is 0 Å². The van der Waals surface area contributed by atoms with E-state index in [2.05, 4.69) is 94.1 Å². The van der Waals surface area contributed by atoms with E-state index in [1.165, 1.54) is 33.0 Å². The summed E-state index contributed by atoms with van der Waals surface area (Å²) < 4.78 is 0. The van der Waals surface area contributed by atoms with Gasteiger partial charge >= 0.3 is 0 Å². The fourth-order valence-corrected chi connectivity index (χ4v) is 2.65. The summed E-state index contributed by atoms with van der Waals surface area (Å²) in [6, 6.07) is 13.2. The number of rotatable bonds is 6. The minimum absolute atomic E-state index is 1.10. The van der Waals surface area contributed by atoms with E-state index in [0.717, 1.165) is 5.57 Å². The summed E-state index contributed by atoms with van der Waals surface area (Å²) in [4.78, 5) is 0. The Labute approximate surface area is 158 Å². The standard InChI is InChI=1S/C26H28/c1-6-8-9-23(7-2)14-11-20(3)10-13-22(5)24-16-17-25-18-21(4)12-15-26(25)19-24/h6-19H,2H2,1,3-5H3/b8-6-,14-11+,20-10+,22-13+,23-9+. The highest BCUT2D eigenvalue weighted by molar-refractivity contribution is 5.86. The molecule has 0 saturated heterocycles. The lowest BCUT2D eigenvalue weighted by atomic mass is 10.0. The maximum Gasteiger partial charge on any atom is -0.0178 e. The molecule has 0 fully saturated rings. The lowest BCUT2D eigenvalue weighted by Gasteiger charge is -2.05. The number of benzene rings is 2. The highest BCUT2D eigenvalue weighted by Gasteiger charge is 1.98. The SMILES string of the molecule is C=CC(/C=C/C(C)=C/C=C(\C)c1ccc2cc(C)ccc2c1)=C\C=C/C. The molecule has 0 aromatic heterocycles. The van der Waals surface area contributed by atoms with Gasteiger partial charge in [0.05, 0.1) is 0 Å². The van der Waals surface area contributed by atoms with Gasteiger partial charge in [0.2, 0.25) is 0 Å². The molecule has 0 nitrogen and oxygen atoms in total. The van der Waals surface area contributed by atoms with Crippen LogP contribution in [0.25, 0.3) is 16.3 Å². The molecule has 132 valence electrons. The molecule has 26 heavy (non-hydrogen) atoms. The molecule has 0 aliphatic rings. The van der Waals surface area contributed by atoms with Gasteiger partial charge in [-0.1, -0.05) is 96.7 Å². The van der Waals surface area contributed by atoms with Crippen molar-refractivity contribution in [2.45, 2.75) is 27.7 Å². The summed E-state index contributed by atoms with van der Waals surface area (Å²) >= 11 is 0. The summed E-state index contributed by atoms with van der Waals surface area (Å²) in [5.41, 5.74) is 6.11. The fraction of sp³-hybridized carbons (Fsp3) is 0.154. The Kier molecular flexibility index (Phi) is 7.17. The molecular weight excluding hydrogens is 312 g/mol. The van der Waals surface area contributed by atoms with Crippen LogP contribution in [0.2, 0.25) is 0 Å². The van der Waals surface area contributed by atoms with Crippen molar-refractivity contribution in [3.05, 3.63) is 114 Å². The Morgan fingerprint density at radius 2 is 1.62 bits per heavy atom. The van der Waals surface area contributed by atoms with E-state index in [9.17, 15) is 0 Å². The van der Waals surface area contributed by atoms with Gasteiger partial charge in [-0.15, -0.1) is 0 Å². The van der Waals surface area contributed by atoms with Crippen molar-refractivity contribution < 1.29 is 0 Å². The molecule has 0 aliphatic heterocycles. The normalized spacial score (nSPS) is 13.9. The third-order valence-electron chi connectivity index (χ3n) is 4.30. The van der Waals surface area contributed by atoms with Crippen molar-refractivity contribution >= 4 is 16.3 Å². The van der Waals surface area contributed by atoms with E-state index in [-0.39, 0.29) is 0 Å². The van der Waals surface area contributed by atoms with Gasteiger partial charge in [0, 0.05) is 0 Å². The number of hydrogen-bond acceptors (Lipinski definition) is 0. The molecule has 0 bridgehead atoms. The van der Waals surface area contributed by atoms with E-state index in [4.69, 9.17) is 0 Å². The first-order valence-corrected chi connectivity index (χ1v) is 9.03. The molecule has 0 spiro atoms. The molecule has 0 N–H and O–H groups in total. The quantitative estimate of drug-likeness (QED) is 0.472. The Balaban J connectivity index is 2.19. The average molecular weight is 341 g/mol. The zero-order valence-electron chi connectivity index (χ0n) is 16.3. The third-order valence-corrected chi connectivity index (χ3v) is 4.30. The number of hydrogen-bond donors (Lipinski definition) is 0. The van der Waals surface area contributed by atoms with E-state index in [1.54, 1.807) is 0 Å². The Hall–Kier alpha value is -2.86. The zero-order valence-corrected chi connectivity index (χ0v) is 16.3. The first kappa shape index (κ1) is 19.5. The highest BCUT2D eigenvalue weighted by atomic mass is 14.0. The molecule has 0 unspecified atom stereocenters. The minimum Gasteiger partial charge on any atom is -0.0985 e. The van der Waals surface area contributed by atoms with Crippen LogP contribution in [-0.4, -0.2) is 0 Å². The molecule has 0 radical (unpaired) electrons. The van der Waals surface area contributed by atoms with Crippen molar-refractivity contribution in [3.8, 4) is 0 Å². The Morgan fingerprint density at radius 1 is 0.885 bits per heavy atom. The molecule has 0 aliphatic carbocycles. The molecule has 0 atom stereocenters. The van der Waals surface area contributed by atoms with Gasteiger partial charge < -0.3 is 0 Å². The predicted octanol–water partition coefficient (Wildman–Crippen LogP) is 7.74. The maximum absolute atomic E-state index is 3.85. The molecular formula is C26H28. The molecule has 2 rings (SSSR count). The minimum atomic E-state index is 1.10. The first-order valence-electron chi connectivity index (χ1n) is 9.03. The second-order valence-corrected chi connectivity index (χ2v) is 6.56. The topological polar surface area (TPSA) is 0 Å². The van der Waals surface area contributed by atoms with Crippen molar-refractivity contribution in [2.24, 2.45) is 0 Å². The van der Waals surface area contributed by atoms with E-state index in [0.29, 0.717) is 0 Å². The fourth-order valence-electron chi connectivity index (χ4n) is 2.65. The van der Waals surface area contributed by atoms with E-state index < -0.39 is 0 Å². The Bertz CT molecular complexity index is 928. The van der Waals surface area contributed by atoms with Crippen molar-refractivity contribution in [1.29, 1.82) is 0 Å². The van der Waals surface area contributed by atoms with Gasteiger partial charge in [0.1, 0.15) is 0 Å². The number of aryl methyl sites for hydroxylation is 1. The van der Waals surface area contributed by atoms with Crippen LogP contribution in [0.1, 0.15) is 31.9 Å². The van der Waals surface area contributed by atoms with Crippen LogP contribution in [0.5, 0.6) is 0 Å². The van der Waals surface area contributed by atoms with E-state index in [1.807, 2.05) is 25.2 Å². The van der Waals surface area contributed by atoms with E-state index >= 15 is 0 Å². The highest BCUT2D eigenvalue weighted by Crippen LogP contribution is 2.22. The molecule has 2 aromatic rings. The smallest absolute Gasteiger partial charge is 0.0178 e. The zero-order chi connectivity index (χ0) is 18.9. The lowest BCUT2D eigenvalue weighted by molar-refractivity contribution is 1.49. The summed E-state index contributed by atoms with van der Waals surface area (Å²) in [6.07, 6.45) is 16.5. The second-order valence-electron chi connectivity index (χ2n) is 6.56. The Morgan fingerprint density at radius 3 is 2.35 bits per heavy atom. The number of fused-ring (bicyclic) bond motifs is 1. The summed E-state index contributed by atoms with van der Waals surface area (Å²) in [5.74, 6) is 0. The van der Waals surface area contributed by atoms with Gasteiger partial charge in [-0.25, -0.2) is 0 Å². The summed E-state index contributed by atoms with van der Waals surface area (Å²) in [6.45, 7) is 12.3. The van der Waals surface area contributed by atoms with Crippen LogP contribution in [0.15, 0.2) is 103 Å². The van der Waals surface area contributed by atoms with Crippen molar-refractivity contribution in [3.63, 3.8) is 0 Å². The average Bonchev–Trinajstić information content (AvgIpc) is 2.65. The van der Waals surface area contributed by atoms with Crippen LogP contribution < -0.4 is 0 Å². The van der Waals surface area contributed by atoms with Crippen molar-refractivity contribution in [1.82, 2.24) is 0 Å². The molecule has 0 amide bonds. The second kappa shape index (κ2) is 9.58. The van der Waals surface area contributed by atoms with Gasteiger partial charge in [-0.2, -0.15) is 0 Å². The molecule has 0 heteroatoms.